The number of carbonyl (C=O) groups is 5. The molecule has 0 unspecified atom stereocenters. The Hall–Kier alpha value is -2.45. The second-order valence-electron chi connectivity index (χ2n) is 7.98. The molecular formula is C19H28O9. The monoisotopic (exact) mass is 400 g/mol. The fraction of sp³-hybridized carbons (Fsp3) is 0.737. The Balaban J connectivity index is 3.33. The van der Waals surface area contributed by atoms with Crippen molar-refractivity contribution < 1.29 is 44.4 Å². The minimum atomic E-state index is -1.20. The maximum Gasteiger partial charge on any atom is 0.303 e. The lowest BCUT2D eigenvalue weighted by molar-refractivity contribution is -0.153. The summed E-state index contributed by atoms with van der Waals surface area (Å²) in [5.74, 6) is -4.90. The molecule has 0 aromatic heterocycles. The number of ketones is 1. The Morgan fingerprint density at radius 1 is 0.714 bits per heavy atom. The van der Waals surface area contributed by atoms with E-state index < -0.39 is 34.7 Å². The van der Waals surface area contributed by atoms with Crippen LogP contribution in [0, 0.1) is 16.7 Å². The molecule has 0 aliphatic heterocycles. The van der Waals surface area contributed by atoms with Crippen LogP contribution in [0.5, 0.6) is 0 Å². The normalized spacial score (nSPS) is 18.5. The lowest BCUT2D eigenvalue weighted by Gasteiger charge is -2.49. The van der Waals surface area contributed by atoms with Gasteiger partial charge in [0, 0.05) is 36.5 Å². The van der Waals surface area contributed by atoms with Gasteiger partial charge in [-0.05, 0) is 44.4 Å². The van der Waals surface area contributed by atoms with Gasteiger partial charge in [0.1, 0.15) is 5.78 Å². The highest BCUT2D eigenvalue weighted by atomic mass is 16.4. The van der Waals surface area contributed by atoms with E-state index in [1.807, 2.05) is 6.92 Å². The maximum absolute atomic E-state index is 13.6. The molecule has 1 fully saturated rings. The van der Waals surface area contributed by atoms with Gasteiger partial charge in [-0.1, -0.05) is 6.92 Å². The van der Waals surface area contributed by atoms with Gasteiger partial charge in [0.2, 0.25) is 0 Å². The van der Waals surface area contributed by atoms with Crippen LogP contribution in [0.2, 0.25) is 0 Å². The lowest BCUT2D eigenvalue weighted by atomic mass is 9.53. The van der Waals surface area contributed by atoms with Gasteiger partial charge in [-0.2, -0.15) is 0 Å². The van der Waals surface area contributed by atoms with Gasteiger partial charge in [0.05, 0.1) is 0 Å². The standard InChI is InChI=1S/C19H28O9/c1-12-10-18(6-2-13(20)21,7-3-14(22)23)17(28)19(11-12,8-4-15(24)25)9-5-16(26)27/h12H,2-11H2,1H3,(H,20,21)(H,22,23)(H,24,25)(H,26,27). The summed E-state index contributed by atoms with van der Waals surface area (Å²) < 4.78 is 0. The van der Waals surface area contributed by atoms with Gasteiger partial charge in [0.25, 0.3) is 0 Å². The molecule has 0 saturated heterocycles. The highest BCUT2D eigenvalue weighted by molar-refractivity contribution is 5.92. The van der Waals surface area contributed by atoms with E-state index in [-0.39, 0.29) is 63.1 Å². The van der Waals surface area contributed by atoms with Crippen LogP contribution in [0.15, 0.2) is 0 Å². The van der Waals surface area contributed by atoms with Crippen molar-refractivity contribution in [2.24, 2.45) is 16.7 Å². The van der Waals surface area contributed by atoms with Crippen molar-refractivity contribution in [2.75, 3.05) is 0 Å². The van der Waals surface area contributed by atoms with E-state index in [0.717, 1.165) is 0 Å². The van der Waals surface area contributed by atoms with Crippen molar-refractivity contribution in [2.45, 2.75) is 71.1 Å². The number of aliphatic carboxylic acids is 4. The van der Waals surface area contributed by atoms with Crippen molar-refractivity contribution in [1.82, 2.24) is 0 Å². The van der Waals surface area contributed by atoms with E-state index >= 15 is 0 Å². The van der Waals surface area contributed by atoms with Crippen molar-refractivity contribution in [1.29, 1.82) is 0 Å². The van der Waals surface area contributed by atoms with Crippen molar-refractivity contribution >= 4 is 29.7 Å². The first-order chi connectivity index (χ1) is 12.9. The van der Waals surface area contributed by atoms with Gasteiger partial charge in [-0.3, -0.25) is 24.0 Å². The summed E-state index contributed by atoms with van der Waals surface area (Å²) in [7, 11) is 0. The molecule has 4 N–H and O–H groups in total. The fourth-order valence-electron chi connectivity index (χ4n) is 4.65. The first-order valence-electron chi connectivity index (χ1n) is 9.34. The molecule has 0 bridgehead atoms. The molecular weight excluding hydrogens is 372 g/mol. The zero-order valence-electron chi connectivity index (χ0n) is 16.0. The predicted octanol–water partition coefficient (Wildman–Crippen LogP) is 2.42. The summed E-state index contributed by atoms with van der Waals surface area (Å²) >= 11 is 0. The molecule has 28 heavy (non-hydrogen) atoms. The molecule has 9 heteroatoms. The molecule has 1 saturated carbocycles. The van der Waals surface area contributed by atoms with Crippen LogP contribution in [0.25, 0.3) is 0 Å². The van der Waals surface area contributed by atoms with E-state index in [2.05, 4.69) is 0 Å². The molecule has 158 valence electrons. The van der Waals surface area contributed by atoms with E-state index in [1.54, 1.807) is 0 Å². The summed E-state index contributed by atoms with van der Waals surface area (Å²) in [5.41, 5.74) is -2.41. The van der Waals surface area contributed by atoms with Crippen LogP contribution in [0.4, 0.5) is 0 Å². The van der Waals surface area contributed by atoms with Gasteiger partial charge in [-0.15, -0.1) is 0 Å². The van der Waals surface area contributed by atoms with E-state index in [4.69, 9.17) is 20.4 Å². The van der Waals surface area contributed by atoms with Crippen LogP contribution in [-0.4, -0.2) is 50.1 Å². The molecule has 1 aliphatic carbocycles. The number of carbonyl (C=O) groups excluding carboxylic acids is 1. The minimum absolute atomic E-state index is 0.0410. The van der Waals surface area contributed by atoms with Gasteiger partial charge >= 0.3 is 23.9 Å². The minimum Gasteiger partial charge on any atom is -0.481 e. The number of carboxylic acid groups (broad SMARTS) is 4. The summed E-state index contributed by atoms with van der Waals surface area (Å²) in [4.78, 5) is 58.1. The summed E-state index contributed by atoms with van der Waals surface area (Å²) in [6.45, 7) is 1.85. The number of Topliss-reactive ketones (excluding diaryl/α,β-unsaturated/α-hetero) is 1. The summed E-state index contributed by atoms with van der Waals surface area (Å²) in [5, 5.41) is 36.3. The lowest BCUT2D eigenvalue weighted by Crippen LogP contribution is -2.50. The summed E-state index contributed by atoms with van der Waals surface area (Å²) in [6.07, 6.45) is -0.790. The van der Waals surface area contributed by atoms with Crippen LogP contribution in [-0.2, 0) is 24.0 Å². The number of hydrogen-bond donors (Lipinski definition) is 4. The fourth-order valence-corrected chi connectivity index (χ4v) is 4.65. The molecule has 0 amide bonds. The van der Waals surface area contributed by atoms with Crippen LogP contribution in [0.1, 0.15) is 71.1 Å². The molecule has 9 nitrogen and oxygen atoms in total. The van der Waals surface area contributed by atoms with Crippen molar-refractivity contribution in [3.8, 4) is 0 Å². The predicted molar refractivity (Wildman–Crippen MR) is 95.8 cm³/mol. The van der Waals surface area contributed by atoms with Gasteiger partial charge in [0.15, 0.2) is 0 Å². The zero-order valence-corrected chi connectivity index (χ0v) is 16.0. The first kappa shape index (κ1) is 23.6. The van der Waals surface area contributed by atoms with Crippen LogP contribution < -0.4 is 0 Å². The summed E-state index contributed by atoms with van der Waals surface area (Å²) in [6, 6.07) is 0. The Kier molecular flexibility index (Phi) is 8.14. The third-order valence-corrected chi connectivity index (χ3v) is 5.71. The average Bonchev–Trinajstić information content (AvgIpc) is 2.58. The Labute approximate surface area is 162 Å². The molecule has 0 spiro atoms. The molecule has 0 radical (unpaired) electrons. The van der Waals surface area contributed by atoms with E-state index in [1.165, 1.54) is 0 Å². The van der Waals surface area contributed by atoms with Gasteiger partial charge in [-0.25, -0.2) is 0 Å². The Morgan fingerprint density at radius 3 is 1.18 bits per heavy atom. The molecule has 0 heterocycles. The molecule has 0 atom stereocenters. The number of carboxylic acids is 4. The third-order valence-electron chi connectivity index (χ3n) is 5.71. The SMILES string of the molecule is CC1CC(CCC(=O)O)(CCC(=O)O)C(=O)C(CCC(=O)O)(CCC(=O)O)C1. The maximum atomic E-state index is 13.6. The molecule has 0 aromatic carbocycles. The second kappa shape index (κ2) is 9.66. The van der Waals surface area contributed by atoms with Crippen molar-refractivity contribution in [3.05, 3.63) is 0 Å². The van der Waals surface area contributed by atoms with Crippen molar-refractivity contribution in [3.63, 3.8) is 0 Å². The molecule has 1 rings (SSSR count). The number of rotatable bonds is 12. The van der Waals surface area contributed by atoms with E-state index in [0.29, 0.717) is 12.8 Å². The van der Waals surface area contributed by atoms with E-state index in [9.17, 15) is 24.0 Å². The molecule has 1 aliphatic rings. The average molecular weight is 400 g/mol. The highest BCUT2D eigenvalue weighted by Crippen LogP contribution is 2.54. The number of hydrogen-bond acceptors (Lipinski definition) is 5. The second-order valence-corrected chi connectivity index (χ2v) is 7.98. The van der Waals surface area contributed by atoms with Crippen LogP contribution >= 0.6 is 0 Å². The third kappa shape index (κ3) is 6.31. The quantitative estimate of drug-likeness (QED) is 0.384. The zero-order chi connectivity index (χ0) is 21.5. The Bertz CT molecular complexity index is 549. The smallest absolute Gasteiger partial charge is 0.303 e. The highest BCUT2D eigenvalue weighted by Gasteiger charge is 2.54. The first-order valence-corrected chi connectivity index (χ1v) is 9.34. The van der Waals surface area contributed by atoms with Crippen LogP contribution in [0.3, 0.4) is 0 Å². The van der Waals surface area contributed by atoms with Gasteiger partial charge < -0.3 is 20.4 Å². The largest absolute Gasteiger partial charge is 0.481 e. The molecule has 0 aromatic rings. The Morgan fingerprint density at radius 2 is 0.964 bits per heavy atom. The topological polar surface area (TPSA) is 166 Å².